The standard InChI is InChI=1S/C14H27N3/c1-5-9-15-11-12(3)7-8-14-10-13(6-2)16-17(14)4/h10,12,15H,5-9,11H2,1-4H3. The minimum atomic E-state index is 0.738. The maximum Gasteiger partial charge on any atom is 0.0624 e. The number of aryl methyl sites for hydroxylation is 3. The molecule has 0 aromatic carbocycles. The molecule has 98 valence electrons. The molecule has 17 heavy (non-hydrogen) atoms. The molecule has 1 atom stereocenters. The van der Waals surface area contributed by atoms with Gasteiger partial charge in [-0.15, -0.1) is 0 Å². The quantitative estimate of drug-likeness (QED) is 0.704. The summed E-state index contributed by atoms with van der Waals surface area (Å²) in [4.78, 5) is 0. The Morgan fingerprint density at radius 1 is 1.41 bits per heavy atom. The zero-order valence-corrected chi connectivity index (χ0v) is 11.8. The topological polar surface area (TPSA) is 29.9 Å². The highest BCUT2D eigenvalue weighted by Gasteiger charge is 2.06. The van der Waals surface area contributed by atoms with E-state index in [0.29, 0.717) is 0 Å². The molecule has 0 saturated carbocycles. The third-order valence-corrected chi connectivity index (χ3v) is 3.20. The molecule has 0 aliphatic heterocycles. The van der Waals surface area contributed by atoms with E-state index in [9.17, 15) is 0 Å². The van der Waals surface area contributed by atoms with Crippen molar-refractivity contribution in [3.63, 3.8) is 0 Å². The molecule has 0 radical (unpaired) electrons. The van der Waals surface area contributed by atoms with Crippen molar-refractivity contribution in [2.75, 3.05) is 13.1 Å². The summed E-state index contributed by atoms with van der Waals surface area (Å²) in [7, 11) is 2.05. The Kier molecular flexibility index (Phi) is 6.27. The van der Waals surface area contributed by atoms with Gasteiger partial charge in [-0.25, -0.2) is 0 Å². The Morgan fingerprint density at radius 2 is 2.18 bits per heavy atom. The summed E-state index contributed by atoms with van der Waals surface area (Å²) in [5.74, 6) is 0.738. The van der Waals surface area contributed by atoms with Crippen molar-refractivity contribution >= 4 is 0 Å². The second-order valence-corrected chi connectivity index (χ2v) is 4.95. The van der Waals surface area contributed by atoms with Crippen LogP contribution in [-0.2, 0) is 19.9 Å². The van der Waals surface area contributed by atoms with E-state index in [-0.39, 0.29) is 0 Å². The van der Waals surface area contributed by atoms with Gasteiger partial charge in [0.25, 0.3) is 0 Å². The zero-order valence-electron chi connectivity index (χ0n) is 11.8. The fraction of sp³-hybridized carbons (Fsp3) is 0.786. The normalized spacial score (nSPS) is 12.9. The van der Waals surface area contributed by atoms with Gasteiger partial charge in [-0.1, -0.05) is 20.8 Å². The van der Waals surface area contributed by atoms with Crippen molar-refractivity contribution in [3.8, 4) is 0 Å². The third kappa shape index (κ3) is 4.90. The van der Waals surface area contributed by atoms with Gasteiger partial charge in [-0.05, 0) is 50.8 Å². The second-order valence-electron chi connectivity index (χ2n) is 4.95. The van der Waals surface area contributed by atoms with Gasteiger partial charge in [-0.3, -0.25) is 4.68 Å². The third-order valence-electron chi connectivity index (χ3n) is 3.20. The van der Waals surface area contributed by atoms with Crippen molar-refractivity contribution in [1.82, 2.24) is 15.1 Å². The van der Waals surface area contributed by atoms with Crippen molar-refractivity contribution in [3.05, 3.63) is 17.5 Å². The molecule has 0 bridgehead atoms. The molecule has 0 aliphatic carbocycles. The lowest BCUT2D eigenvalue weighted by atomic mass is 10.0. The van der Waals surface area contributed by atoms with Gasteiger partial charge in [0.2, 0.25) is 0 Å². The van der Waals surface area contributed by atoms with Gasteiger partial charge in [0.15, 0.2) is 0 Å². The molecule has 1 N–H and O–H groups in total. The van der Waals surface area contributed by atoms with Crippen LogP contribution in [0.5, 0.6) is 0 Å². The first kappa shape index (κ1) is 14.2. The van der Waals surface area contributed by atoms with E-state index in [1.807, 2.05) is 4.68 Å². The second kappa shape index (κ2) is 7.49. The molecule has 0 aliphatic rings. The highest BCUT2D eigenvalue weighted by atomic mass is 15.3. The number of hydrogen-bond acceptors (Lipinski definition) is 2. The molecule has 1 heterocycles. The first-order valence-electron chi connectivity index (χ1n) is 6.89. The number of rotatable bonds is 8. The Morgan fingerprint density at radius 3 is 2.76 bits per heavy atom. The lowest BCUT2D eigenvalue weighted by Crippen LogP contribution is -2.22. The number of nitrogens with zero attached hydrogens (tertiary/aromatic N) is 2. The monoisotopic (exact) mass is 237 g/mol. The fourth-order valence-corrected chi connectivity index (χ4v) is 2.00. The van der Waals surface area contributed by atoms with Crippen LogP contribution in [0, 0.1) is 5.92 Å². The van der Waals surface area contributed by atoms with Crippen LogP contribution in [0.15, 0.2) is 6.07 Å². The summed E-state index contributed by atoms with van der Waals surface area (Å²) >= 11 is 0. The molecule has 1 aromatic heterocycles. The maximum atomic E-state index is 4.48. The molecule has 0 saturated heterocycles. The average Bonchev–Trinajstić information content (AvgIpc) is 2.68. The van der Waals surface area contributed by atoms with Crippen molar-refractivity contribution in [2.24, 2.45) is 13.0 Å². The summed E-state index contributed by atoms with van der Waals surface area (Å²) in [5, 5.41) is 7.96. The van der Waals surface area contributed by atoms with Gasteiger partial charge in [0, 0.05) is 12.7 Å². The molecular formula is C14H27N3. The molecule has 3 nitrogen and oxygen atoms in total. The van der Waals surface area contributed by atoms with Crippen LogP contribution >= 0.6 is 0 Å². The van der Waals surface area contributed by atoms with E-state index in [1.165, 1.54) is 24.2 Å². The molecule has 0 spiro atoms. The molecule has 1 unspecified atom stereocenters. The van der Waals surface area contributed by atoms with E-state index >= 15 is 0 Å². The summed E-state index contributed by atoms with van der Waals surface area (Å²) < 4.78 is 2.03. The number of hydrogen-bond donors (Lipinski definition) is 1. The van der Waals surface area contributed by atoms with Gasteiger partial charge in [0.1, 0.15) is 0 Å². The Hall–Kier alpha value is -0.830. The van der Waals surface area contributed by atoms with Gasteiger partial charge in [-0.2, -0.15) is 5.10 Å². The van der Waals surface area contributed by atoms with Crippen molar-refractivity contribution in [1.29, 1.82) is 0 Å². The number of aromatic nitrogens is 2. The van der Waals surface area contributed by atoms with Gasteiger partial charge < -0.3 is 5.32 Å². The Balaban J connectivity index is 2.31. The fourth-order valence-electron chi connectivity index (χ4n) is 2.00. The molecule has 0 amide bonds. The SMILES string of the molecule is CCCNCC(C)CCc1cc(CC)nn1C. The number of nitrogens with one attached hydrogen (secondary N) is 1. The van der Waals surface area contributed by atoms with Crippen molar-refractivity contribution < 1.29 is 0 Å². The van der Waals surface area contributed by atoms with Crippen LogP contribution in [0.4, 0.5) is 0 Å². The molecule has 3 heteroatoms. The molecule has 0 fully saturated rings. The van der Waals surface area contributed by atoms with Crippen LogP contribution in [0.2, 0.25) is 0 Å². The zero-order chi connectivity index (χ0) is 12.7. The van der Waals surface area contributed by atoms with Gasteiger partial charge >= 0.3 is 0 Å². The lowest BCUT2D eigenvalue weighted by molar-refractivity contribution is 0.474. The smallest absolute Gasteiger partial charge is 0.0624 e. The molecular weight excluding hydrogens is 210 g/mol. The van der Waals surface area contributed by atoms with Crippen LogP contribution in [0.3, 0.4) is 0 Å². The minimum absolute atomic E-state index is 0.738. The summed E-state index contributed by atoms with van der Waals surface area (Å²) in [6, 6.07) is 2.24. The minimum Gasteiger partial charge on any atom is -0.316 e. The van der Waals surface area contributed by atoms with Gasteiger partial charge in [0.05, 0.1) is 5.69 Å². The van der Waals surface area contributed by atoms with Crippen LogP contribution < -0.4 is 5.32 Å². The van der Waals surface area contributed by atoms with Crippen LogP contribution in [-0.4, -0.2) is 22.9 Å². The first-order chi connectivity index (χ1) is 8.17. The first-order valence-corrected chi connectivity index (χ1v) is 6.89. The van der Waals surface area contributed by atoms with Crippen molar-refractivity contribution in [2.45, 2.75) is 46.5 Å². The maximum absolute atomic E-state index is 4.48. The highest BCUT2D eigenvalue weighted by molar-refractivity contribution is 5.10. The van der Waals surface area contributed by atoms with E-state index in [4.69, 9.17) is 0 Å². The Bertz CT molecular complexity index is 317. The van der Waals surface area contributed by atoms with Crippen LogP contribution in [0.25, 0.3) is 0 Å². The van der Waals surface area contributed by atoms with Crippen LogP contribution in [0.1, 0.15) is 45.0 Å². The summed E-state index contributed by atoms with van der Waals surface area (Å²) in [5.41, 5.74) is 2.57. The van der Waals surface area contributed by atoms with E-state index in [1.54, 1.807) is 0 Å². The molecule has 1 rings (SSSR count). The predicted molar refractivity (Wildman–Crippen MR) is 73.2 cm³/mol. The Labute approximate surface area is 106 Å². The predicted octanol–water partition coefficient (Wildman–Crippen LogP) is 2.55. The highest BCUT2D eigenvalue weighted by Crippen LogP contribution is 2.10. The molecule has 1 aromatic rings. The van der Waals surface area contributed by atoms with E-state index in [2.05, 4.69) is 44.3 Å². The van der Waals surface area contributed by atoms with E-state index in [0.717, 1.165) is 31.8 Å². The summed E-state index contributed by atoms with van der Waals surface area (Å²) in [6.45, 7) is 8.95. The lowest BCUT2D eigenvalue weighted by Gasteiger charge is -2.11. The van der Waals surface area contributed by atoms with E-state index < -0.39 is 0 Å². The average molecular weight is 237 g/mol. The largest absolute Gasteiger partial charge is 0.316 e. The summed E-state index contributed by atoms with van der Waals surface area (Å²) in [6.07, 6.45) is 4.62.